The van der Waals surface area contributed by atoms with Crippen LogP contribution in [0.4, 0.5) is 31.5 Å². The molecule has 13 nitrogen and oxygen atoms in total. The summed E-state index contributed by atoms with van der Waals surface area (Å²) < 4.78 is 47.0. The zero-order chi connectivity index (χ0) is 29.9. The highest BCUT2D eigenvalue weighted by Gasteiger charge is 2.23. The van der Waals surface area contributed by atoms with Crippen LogP contribution in [0.15, 0.2) is 28.8 Å². The van der Waals surface area contributed by atoms with Crippen molar-refractivity contribution in [2.75, 3.05) is 44.8 Å². The van der Waals surface area contributed by atoms with Crippen LogP contribution in [-0.2, 0) is 4.74 Å². The van der Waals surface area contributed by atoms with E-state index in [9.17, 15) is 4.79 Å². The van der Waals surface area contributed by atoms with Crippen LogP contribution in [0.5, 0.6) is 23.0 Å². The van der Waals surface area contributed by atoms with Crippen molar-refractivity contribution in [3.8, 4) is 45.2 Å². The Balaban J connectivity index is 1.61. The first-order valence-corrected chi connectivity index (χ1v) is 12.8. The number of rotatable bonds is 9. The molecule has 15 heteroatoms. The molecule has 0 fully saturated rings. The molecule has 0 aliphatic carbocycles. The van der Waals surface area contributed by atoms with Crippen LogP contribution in [0.25, 0.3) is 22.2 Å². The molecule has 0 radical (unpaired) electrons. The van der Waals surface area contributed by atoms with Crippen LogP contribution in [0.2, 0.25) is 0 Å². The summed E-state index contributed by atoms with van der Waals surface area (Å²) in [5.41, 5.74) is 6.10. The average molecular weight is 589 g/mol. The Morgan fingerprint density at radius 3 is 2.22 bits per heavy atom. The highest BCUT2D eigenvalue weighted by Crippen LogP contribution is 2.42. The Kier molecular flexibility index (Phi) is 8.37. The van der Waals surface area contributed by atoms with Gasteiger partial charge in [0.1, 0.15) is 27.9 Å². The number of aromatic nitrogens is 3. The molecule has 0 spiro atoms. The summed E-state index contributed by atoms with van der Waals surface area (Å²) in [7, 11) is 5.87. The SMILES string of the molecule is COc1cc(F)c(-c2noc(-c3sc(Nc4cc(OC)c(OC)c(OC)c4)nc3N)n2)cc1NC(=O)OC(C)(C)C. The number of anilines is 4. The summed E-state index contributed by atoms with van der Waals surface area (Å²) >= 11 is 1.14. The van der Waals surface area contributed by atoms with Crippen molar-refractivity contribution < 1.29 is 37.4 Å². The van der Waals surface area contributed by atoms with E-state index in [0.29, 0.717) is 32.9 Å². The number of nitrogens with two attached hydrogens (primary N) is 1. The number of halogens is 1. The first-order chi connectivity index (χ1) is 19.5. The van der Waals surface area contributed by atoms with Crippen molar-refractivity contribution in [2.24, 2.45) is 0 Å². The number of benzene rings is 2. The van der Waals surface area contributed by atoms with Crippen molar-refractivity contribution >= 4 is 39.8 Å². The number of nitrogens with one attached hydrogen (secondary N) is 2. The monoisotopic (exact) mass is 588 g/mol. The van der Waals surface area contributed by atoms with E-state index in [2.05, 4.69) is 25.8 Å². The van der Waals surface area contributed by atoms with Gasteiger partial charge in [-0.25, -0.2) is 14.2 Å². The molecule has 0 saturated carbocycles. The molecule has 0 saturated heterocycles. The van der Waals surface area contributed by atoms with Crippen LogP contribution in [0, 0.1) is 5.82 Å². The summed E-state index contributed by atoms with van der Waals surface area (Å²) in [6, 6.07) is 5.83. The van der Waals surface area contributed by atoms with E-state index in [4.69, 9.17) is 33.9 Å². The van der Waals surface area contributed by atoms with Crippen LogP contribution in [0.1, 0.15) is 20.8 Å². The maximum absolute atomic E-state index is 15.0. The Morgan fingerprint density at radius 1 is 0.976 bits per heavy atom. The Hall–Kier alpha value is -4.79. The molecule has 2 aromatic heterocycles. The second-order valence-electron chi connectivity index (χ2n) is 9.35. The topological polar surface area (TPSA) is 165 Å². The normalized spacial score (nSPS) is 11.1. The largest absolute Gasteiger partial charge is 0.494 e. The van der Waals surface area contributed by atoms with Gasteiger partial charge in [-0.2, -0.15) is 4.98 Å². The van der Waals surface area contributed by atoms with Gasteiger partial charge < -0.3 is 39.3 Å². The lowest BCUT2D eigenvalue weighted by Crippen LogP contribution is -2.27. The van der Waals surface area contributed by atoms with Crippen molar-refractivity contribution in [1.82, 2.24) is 15.1 Å². The smallest absolute Gasteiger partial charge is 0.412 e. The predicted molar refractivity (Wildman–Crippen MR) is 151 cm³/mol. The minimum atomic E-state index is -0.744. The molecule has 218 valence electrons. The van der Waals surface area contributed by atoms with Gasteiger partial charge in [0.05, 0.1) is 39.7 Å². The van der Waals surface area contributed by atoms with Crippen LogP contribution < -0.4 is 35.3 Å². The molecule has 4 aromatic rings. The van der Waals surface area contributed by atoms with E-state index in [0.717, 1.165) is 17.4 Å². The van der Waals surface area contributed by atoms with Gasteiger partial charge in [0.2, 0.25) is 11.6 Å². The summed E-state index contributed by atoms with van der Waals surface area (Å²) in [6.45, 7) is 5.16. The third-order valence-electron chi connectivity index (χ3n) is 5.36. The van der Waals surface area contributed by atoms with Crippen molar-refractivity contribution in [2.45, 2.75) is 26.4 Å². The minimum Gasteiger partial charge on any atom is -0.494 e. The lowest BCUT2D eigenvalue weighted by molar-refractivity contribution is 0.0635. The molecule has 1 amide bonds. The summed E-state index contributed by atoms with van der Waals surface area (Å²) in [6.07, 6.45) is -0.744. The molecule has 0 unspecified atom stereocenters. The molecule has 0 atom stereocenters. The molecule has 4 rings (SSSR count). The molecule has 2 heterocycles. The third-order valence-corrected chi connectivity index (χ3v) is 6.33. The van der Waals surface area contributed by atoms with Gasteiger partial charge in [0, 0.05) is 23.9 Å². The highest BCUT2D eigenvalue weighted by molar-refractivity contribution is 7.19. The fourth-order valence-corrected chi connectivity index (χ4v) is 4.47. The minimum absolute atomic E-state index is 0.0183. The van der Waals surface area contributed by atoms with Crippen LogP contribution >= 0.6 is 11.3 Å². The number of nitrogens with zero attached hydrogens (tertiary/aromatic N) is 3. The molecule has 4 N–H and O–H groups in total. The fraction of sp³-hybridized carbons (Fsp3) is 0.308. The van der Waals surface area contributed by atoms with Gasteiger partial charge in [-0.15, -0.1) is 0 Å². The second-order valence-corrected chi connectivity index (χ2v) is 10.4. The van der Waals surface area contributed by atoms with Gasteiger partial charge >= 0.3 is 6.09 Å². The van der Waals surface area contributed by atoms with Crippen molar-refractivity contribution in [3.05, 3.63) is 30.1 Å². The molecule has 0 aliphatic rings. The van der Waals surface area contributed by atoms with E-state index in [1.54, 1.807) is 32.9 Å². The van der Waals surface area contributed by atoms with Gasteiger partial charge in [0.15, 0.2) is 16.6 Å². The molecule has 0 bridgehead atoms. The zero-order valence-electron chi connectivity index (χ0n) is 23.4. The average Bonchev–Trinajstić information content (AvgIpc) is 3.54. The summed E-state index contributed by atoms with van der Waals surface area (Å²) in [5, 5.41) is 10.00. The van der Waals surface area contributed by atoms with E-state index in [1.807, 2.05) is 0 Å². The number of thiazole rings is 1. The maximum atomic E-state index is 15.0. The van der Waals surface area contributed by atoms with Crippen molar-refractivity contribution in [1.29, 1.82) is 0 Å². The van der Waals surface area contributed by atoms with Crippen LogP contribution in [-0.4, -0.2) is 55.3 Å². The Labute approximate surface area is 238 Å². The Morgan fingerprint density at radius 2 is 1.63 bits per heavy atom. The highest BCUT2D eigenvalue weighted by atomic mass is 32.1. The Bertz CT molecular complexity index is 1540. The second kappa shape index (κ2) is 11.8. The van der Waals surface area contributed by atoms with Gasteiger partial charge in [-0.05, 0) is 26.8 Å². The van der Waals surface area contributed by atoms with E-state index < -0.39 is 17.5 Å². The number of methoxy groups -OCH3 is 4. The standard InChI is InChI=1S/C26H29FN6O7S/c1-26(2,3)39-25(34)30-15-10-13(14(27)11-16(15)35-4)22-32-23(40-33-22)20-21(28)31-24(41-20)29-12-8-17(36-5)19(38-7)18(9-12)37-6/h8-11H,28H2,1-7H3,(H,29,31)(H,30,34). The predicted octanol–water partition coefficient (Wildman–Crippen LogP) is 5.71. The quantitative estimate of drug-likeness (QED) is 0.218. The lowest BCUT2D eigenvalue weighted by atomic mass is 10.1. The van der Waals surface area contributed by atoms with Gasteiger partial charge in [0.25, 0.3) is 5.89 Å². The molecular weight excluding hydrogens is 559 g/mol. The number of amides is 1. The lowest BCUT2D eigenvalue weighted by Gasteiger charge is -2.20. The van der Waals surface area contributed by atoms with Gasteiger partial charge in [-0.1, -0.05) is 16.5 Å². The van der Waals surface area contributed by atoms with E-state index in [1.165, 1.54) is 34.5 Å². The third kappa shape index (κ3) is 6.51. The zero-order valence-corrected chi connectivity index (χ0v) is 24.2. The van der Waals surface area contributed by atoms with Crippen LogP contribution in [0.3, 0.4) is 0 Å². The summed E-state index contributed by atoms with van der Waals surface area (Å²) in [4.78, 5) is 21.3. The fourth-order valence-electron chi connectivity index (χ4n) is 3.65. The van der Waals surface area contributed by atoms with E-state index >= 15 is 4.39 Å². The molecule has 2 aromatic carbocycles. The maximum Gasteiger partial charge on any atom is 0.412 e. The number of hydrogen-bond acceptors (Lipinski definition) is 13. The van der Waals surface area contributed by atoms with Crippen molar-refractivity contribution in [3.63, 3.8) is 0 Å². The molecule has 0 aliphatic heterocycles. The number of carbonyl (C=O) groups excluding carboxylic acids is 1. The van der Waals surface area contributed by atoms with Gasteiger partial charge in [-0.3, -0.25) is 5.32 Å². The van der Waals surface area contributed by atoms with E-state index in [-0.39, 0.29) is 34.5 Å². The molecule has 41 heavy (non-hydrogen) atoms. The molecular formula is C26H29FN6O7S. The summed E-state index contributed by atoms with van der Waals surface area (Å²) in [5.74, 6) is 0.756. The number of nitrogen functional groups attached to an aromatic ring is 1. The number of carbonyl (C=O) groups is 1. The first kappa shape index (κ1) is 29.2. The first-order valence-electron chi connectivity index (χ1n) is 12.0. The number of hydrogen-bond donors (Lipinski definition) is 3. The number of ether oxygens (including phenoxy) is 5.